The molecule has 0 aliphatic carbocycles. The molecule has 1 unspecified atom stereocenters. The largest absolute Gasteiger partial charge is 0.329 e. The molecule has 4 heteroatoms. The highest BCUT2D eigenvalue weighted by Crippen LogP contribution is 2.12. The molecule has 0 amide bonds. The van der Waals surface area contributed by atoms with Gasteiger partial charge in [-0.1, -0.05) is 11.6 Å². The fourth-order valence-electron chi connectivity index (χ4n) is 0.902. The molecule has 0 radical (unpaired) electrons. The van der Waals surface area contributed by atoms with Crippen molar-refractivity contribution in [3.63, 3.8) is 0 Å². The van der Waals surface area contributed by atoms with Gasteiger partial charge in [0.25, 0.3) is 0 Å². The minimum absolute atomic E-state index is 0.142. The highest BCUT2D eigenvalue weighted by Gasteiger charge is 2.14. The van der Waals surface area contributed by atoms with Crippen molar-refractivity contribution in [1.82, 2.24) is 0 Å². The van der Waals surface area contributed by atoms with Crippen molar-refractivity contribution in [3.8, 4) is 0 Å². The Kier molecular flexibility index (Phi) is 3.72. The van der Waals surface area contributed by atoms with Gasteiger partial charge in [-0.3, -0.25) is 4.79 Å². The minimum Gasteiger partial charge on any atom is -0.329 e. The summed E-state index contributed by atoms with van der Waals surface area (Å²) in [5.74, 6) is -0.166. The average molecular weight is 218 g/mol. The van der Waals surface area contributed by atoms with Crippen LogP contribution in [0.15, 0.2) is 24.3 Å². The number of nitrogens with two attached hydrogens (primary N) is 1. The molecule has 0 saturated carbocycles. The third-order valence-corrected chi connectivity index (χ3v) is 2.25. The number of hydrogen-bond acceptors (Lipinski definition) is 2. The van der Waals surface area contributed by atoms with E-state index < -0.39 is 5.38 Å². The molecule has 0 heterocycles. The molecular formula is C9H9Cl2NO. The van der Waals surface area contributed by atoms with Gasteiger partial charge in [0.1, 0.15) is 5.38 Å². The molecule has 1 aromatic carbocycles. The Balaban J connectivity index is 2.83. The van der Waals surface area contributed by atoms with Crippen LogP contribution in [0.2, 0.25) is 5.02 Å². The van der Waals surface area contributed by atoms with Crippen molar-refractivity contribution in [2.24, 2.45) is 5.73 Å². The monoisotopic (exact) mass is 217 g/mol. The van der Waals surface area contributed by atoms with Gasteiger partial charge in [0.2, 0.25) is 0 Å². The average Bonchev–Trinajstić information content (AvgIpc) is 2.17. The predicted molar refractivity (Wildman–Crippen MR) is 54.5 cm³/mol. The molecule has 0 aromatic heterocycles. The Hall–Kier alpha value is -0.570. The van der Waals surface area contributed by atoms with E-state index in [0.717, 1.165) is 0 Å². The molecule has 1 rings (SSSR count). The van der Waals surface area contributed by atoms with E-state index in [4.69, 9.17) is 28.9 Å². The summed E-state index contributed by atoms with van der Waals surface area (Å²) in [7, 11) is 0. The zero-order valence-electron chi connectivity index (χ0n) is 6.84. The number of hydrogen-bond donors (Lipinski definition) is 1. The van der Waals surface area contributed by atoms with Gasteiger partial charge in [0, 0.05) is 17.1 Å². The summed E-state index contributed by atoms with van der Waals surface area (Å²) in [6.45, 7) is 0.142. The fraction of sp³-hybridized carbons (Fsp3) is 0.222. The van der Waals surface area contributed by atoms with Crippen LogP contribution in [0.1, 0.15) is 10.4 Å². The Morgan fingerprint density at radius 3 is 2.38 bits per heavy atom. The normalized spacial score (nSPS) is 12.5. The molecule has 2 nitrogen and oxygen atoms in total. The molecule has 0 fully saturated rings. The minimum atomic E-state index is -0.652. The highest BCUT2D eigenvalue weighted by molar-refractivity contribution is 6.34. The Morgan fingerprint density at radius 1 is 1.38 bits per heavy atom. The molecule has 0 aliphatic heterocycles. The van der Waals surface area contributed by atoms with Crippen LogP contribution in [-0.4, -0.2) is 17.7 Å². The molecule has 0 spiro atoms. The molecular weight excluding hydrogens is 209 g/mol. The summed E-state index contributed by atoms with van der Waals surface area (Å²) < 4.78 is 0. The number of halogens is 2. The standard InChI is InChI=1S/C9H9Cl2NO/c10-7-3-1-6(2-4-7)9(13)8(11)5-12/h1-4,8H,5,12H2. The molecule has 0 aliphatic rings. The fourth-order valence-corrected chi connectivity index (χ4v) is 1.15. The maximum absolute atomic E-state index is 11.4. The maximum atomic E-state index is 11.4. The predicted octanol–water partition coefficient (Wildman–Crippen LogP) is 2.09. The van der Waals surface area contributed by atoms with Crippen LogP contribution in [0.5, 0.6) is 0 Å². The van der Waals surface area contributed by atoms with Crippen molar-refractivity contribution in [2.45, 2.75) is 5.38 Å². The van der Waals surface area contributed by atoms with Crippen LogP contribution in [0.3, 0.4) is 0 Å². The van der Waals surface area contributed by atoms with Crippen molar-refractivity contribution in [3.05, 3.63) is 34.9 Å². The molecule has 0 bridgehead atoms. The molecule has 70 valence electrons. The number of Topliss-reactive ketones (excluding diaryl/α,β-unsaturated/α-hetero) is 1. The molecule has 1 atom stereocenters. The number of benzene rings is 1. The quantitative estimate of drug-likeness (QED) is 0.623. The second-order valence-electron chi connectivity index (χ2n) is 2.57. The first-order valence-electron chi connectivity index (χ1n) is 3.79. The molecule has 0 saturated heterocycles. The van der Waals surface area contributed by atoms with Crippen molar-refractivity contribution < 1.29 is 4.79 Å². The van der Waals surface area contributed by atoms with Crippen LogP contribution < -0.4 is 5.73 Å². The van der Waals surface area contributed by atoms with E-state index in [9.17, 15) is 4.79 Å². The Morgan fingerprint density at radius 2 is 1.92 bits per heavy atom. The molecule has 2 N–H and O–H groups in total. The lowest BCUT2D eigenvalue weighted by atomic mass is 10.1. The summed E-state index contributed by atoms with van der Waals surface area (Å²) in [5, 5.41) is -0.0587. The topological polar surface area (TPSA) is 43.1 Å². The van der Waals surface area contributed by atoms with Crippen molar-refractivity contribution >= 4 is 29.0 Å². The van der Waals surface area contributed by atoms with E-state index in [-0.39, 0.29) is 12.3 Å². The third kappa shape index (κ3) is 2.69. The van der Waals surface area contributed by atoms with Crippen LogP contribution >= 0.6 is 23.2 Å². The summed E-state index contributed by atoms with van der Waals surface area (Å²) in [5.41, 5.74) is 5.80. The van der Waals surface area contributed by atoms with Crippen molar-refractivity contribution in [1.29, 1.82) is 0 Å². The SMILES string of the molecule is NCC(Cl)C(=O)c1ccc(Cl)cc1. The zero-order chi connectivity index (χ0) is 9.84. The highest BCUT2D eigenvalue weighted by atomic mass is 35.5. The van der Waals surface area contributed by atoms with E-state index in [0.29, 0.717) is 10.6 Å². The number of ketones is 1. The van der Waals surface area contributed by atoms with E-state index >= 15 is 0 Å². The van der Waals surface area contributed by atoms with Gasteiger partial charge in [-0.05, 0) is 24.3 Å². The van der Waals surface area contributed by atoms with Gasteiger partial charge in [0.05, 0.1) is 0 Å². The lowest BCUT2D eigenvalue weighted by Gasteiger charge is -2.04. The van der Waals surface area contributed by atoms with Gasteiger partial charge in [-0.2, -0.15) is 0 Å². The first-order chi connectivity index (χ1) is 6.15. The van der Waals surface area contributed by atoms with Crippen LogP contribution in [0, 0.1) is 0 Å². The first kappa shape index (κ1) is 10.5. The van der Waals surface area contributed by atoms with Crippen LogP contribution in [0.25, 0.3) is 0 Å². The summed E-state index contributed by atoms with van der Waals surface area (Å²) in [4.78, 5) is 11.4. The van der Waals surface area contributed by atoms with E-state index in [1.165, 1.54) is 0 Å². The second kappa shape index (κ2) is 4.61. The van der Waals surface area contributed by atoms with E-state index in [1.807, 2.05) is 0 Å². The van der Waals surface area contributed by atoms with E-state index in [1.54, 1.807) is 24.3 Å². The number of rotatable bonds is 3. The zero-order valence-corrected chi connectivity index (χ0v) is 8.35. The lowest BCUT2D eigenvalue weighted by Crippen LogP contribution is -2.23. The van der Waals surface area contributed by atoms with Crippen molar-refractivity contribution in [2.75, 3.05) is 6.54 Å². The molecule has 1 aromatic rings. The van der Waals surface area contributed by atoms with Gasteiger partial charge < -0.3 is 5.73 Å². The number of alkyl halides is 1. The smallest absolute Gasteiger partial charge is 0.181 e. The maximum Gasteiger partial charge on any atom is 0.181 e. The van der Waals surface area contributed by atoms with Crippen LogP contribution in [0.4, 0.5) is 0 Å². The van der Waals surface area contributed by atoms with E-state index in [2.05, 4.69) is 0 Å². The number of carbonyl (C=O) groups excluding carboxylic acids is 1. The van der Waals surface area contributed by atoms with Gasteiger partial charge >= 0.3 is 0 Å². The summed E-state index contributed by atoms with van der Waals surface area (Å²) in [6.07, 6.45) is 0. The lowest BCUT2D eigenvalue weighted by molar-refractivity contribution is 0.0989. The Labute approximate surface area is 86.6 Å². The third-order valence-electron chi connectivity index (χ3n) is 1.62. The number of carbonyl (C=O) groups is 1. The molecule has 13 heavy (non-hydrogen) atoms. The van der Waals surface area contributed by atoms with Gasteiger partial charge in [-0.25, -0.2) is 0 Å². The van der Waals surface area contributed by atoms with Gasteiger partial charge in [0.15, 0.2) is 5.78 Å². The first-order valence-corrected chi connectivity index (χ1v) is 4.60. The van der Waals surface area contributed by atoms with Crippen LogP contribution in [-0.2, 0) is 0 Å². The summed E-state index contributed by atoms with van der Waals surface area (Å²) in [6, 6.07) is 6.56. The Bertz CT molecular complexity index is 297. The second-order valence-corrected chi connectivity index (χ2v) is 3.54. The summed E-state index contributed by atoms with van der Waals surface area (Å²) >= 11 is 11.3. The van der Waals surface area contributed by atoms with Gasteiger partial charge in [-0.15, -0.1) is 11.6 Å².